The van der Waals surface area contributed by atoms with Crippen molar-refractivity contribution in [1.82, 2.24) is 10.5 Å². The van der Waals surface area contributed by atoms with E-state index in [0.29, 0.717) is 11.3 Å². The molecule has 2 heterocycles. The number of hydroxylamine groups is 1. The van der Waals surface area contributed by atoms with Gasteiger partial charge in [0.2, 0.25) is 0 Å². The Bertz CT molecular complexity index is 1330. The van der Waals surface area contributed by atoms with Crippen molar-refractivity contribution in [3.63, 3.8) is 0 Å². The Morgan fingerprint density at radius 1 is 1.19 bits per heavy atom. The summed E-state index contributed by atoms with van der Waals surface area (Å²) in [5, 5.41) is 11.3. The van der Waals surface area contributed by atoms with Gasteiger partial charge >= 0.3 is 0 Å². The summed E-state index contributed by atoms with van der Waals surface area (Å²) in [5.41, 5.74) is 5.51. The summed E-state index contributed by atoms with van der Waals surface area (Å²) in [6.45, 7) is 0. The van der Waals surface area contributed by atoms with Crippen molar-refractivity contribution in [3.8, 4) is 0 Å². The molecule has 0 aliphatic heterocycles. The maximum Gasteiger partial charge on any atom is 0.267 e. The van der Waals surface area contributed by atoms with Crippen LogP contribution in [-0.4, -0.2) is 30.9 Å². The van der Waals surface area contributed by atoms with Crippen LogP contribution < -0.4 is 9.79 Å². The summed E-state index contributed by atoms with van der Waals surface area (Å²) in [5.74, 6) is 0.181. The molecule has 0 bridgehead atoms. The fraction of sp³-hybridized carbons (Fsp3) is 0.261. The number of aryl methyl sites for hydroxylation is 2. The number of hydrogen-bond donors (Lipinski definition) is 4. The number of rotatable bonds is 6. The third kappa shape index (κ3) is 3.58. The SMILES string of the molecule is O=C(NO)C(Cc1c[nH]c2ccccc12)N(c1ccc2c3c(oc2c1)CCCC3)S(=O)O. The third-order valence-corrected chi connectivity index (χ3v) is 6.95. The lowest BCUT2D eigenvalue weighted by atomic mass is 9.96. The zero-order valence-corrected chi connectivity index (χ0v) is 18.0. The first-order valence-electron chi connectivity index (χ1n) is 10.5. The maximum absolute atomic E-state index is 12.6. The van der Waals surface area contributed by atoms with Crippen LogP contribution in [0.25, 0.3) is 21.9 Å². The van der Waals surface area contributed by atoms with Crippen molar-refractivity contribution in [1.29, 1.82) is 0 Å². The molecular weight excluding hydrogens is 430 g/mol. The number of nitrogens with one attached hydrogen (secondary N) is 2. The Morgan fingerprint density at radius 2 is 2.00 bits per heavy atom. The van der Waals surface area contributed by atoms with Gasteiger partial charge < -0.3 is 9.40 Å². The van der Waals surface area contributed by atoms with Gasteiger partial charge in [0.25, 0.3) is 17.2 Å². The molecule has 0 spiro atoms. The van der Waals surface area contributed by atoms with E-state index in [-0.39, 0.29) is 6.42 Å². The van der Waals surface area contributed by atoms with Crippen molar-refractivity contribution in [2.24, 2.45) is 0 Å². The third-order valence-electron chi connectivity index (χ3n) is 6.15. The van der Waals surface area contributed by atoms with Gasteiger partial charge in [0.1, 0.15) is 17.4 Å². The topological polar surface area (TPSA) is 119 Å². The van der Waals surface area contributed by atoms with Crippen LogP contribution in [0.4, 0.5) is 5.69 Å². The van der Waals surface area contributed by atoms with Gasteiger partial charge in [-0.3, -0.25) is 18.9 Å². The largest absolute Gasteiger partial charge is 0.461 e. The molecule has 1 aliphatic rings. The predicted molar refractivity (Wildman–Crippen MR) is 122 cm³/mol. The summed E-state index contributed by atoms with van der Waals surface area (Å²) in [6.07, 6.45) is 5.90. The number of amides is 1. The molecule has 0 saturated heterocycles. The highest BCUT2D eigenvalue weighted by molar-refractivity contribution is 7.80. The fourth-order valence-corrected chi connectivity index (χ4v) is 5.32. The van der Waals surface area contributed by atoms with Crippen molar-refractivity contribution in [3.05, 3.63) is 65.5 Å². The summed E-state index contributed by atoms with van der Waals surface area (Å²) in [4.78, 5) is 15.8. The molecule has 2 unspecified atom stereocenters. The zero-order valence-electron chi connectivity index (χ0n) is 17.2. The van der Waals surface area contributed by atoms with Crippen LogP contribution in [0.3, 0.4) is 0 Å². The minimum Gasteiger partial charge on any atom is -0.461 e. The number of furan rings is 1. The van der Waals surface area contributed by atoms with E-state index in [4.69, 9.17) is 4.42 Å². The molecule has 8 nitrogen and oxygen atoms in total. The fourth-order valence-electron chi connectivity index (χ4n) is 4.63. The number of nitrogens with zero attached hydrogens (tertiary/aromatic N) is 1. The van der Waals surface area contributed by atoms with E-state index in [0.717, 1.165) is 57.6 Å². The second-order valence-corrected chi connectivity index (χ2v) is 8.86. The highest BCUT2D eigenvalue weighted by Gasteiger charge is 2.32. The van der Waals surface area contributed by atoms with Crippen molar-refractivity contribution < 1.29 is 23.2 Å². The molecule has 2 aromatic carbocycles. The number of aromatic nitrogens is 1. The number of fused-ring (bicyclic) bond motifs is 4. The van der Waals surface area contributed by atoms with Crippen LogP contribution in [0.5, 0.6) is 0 Å². The van der Waals surface area contributed by atoms with E-state index in [2.05, 4.69) is 4.98 Å². The number of anilines is 1. The standard InChI is InChI=1S/C23H23N3O5S/c27-23(25-28)20(11-14-13-24-19-7-3-1-5-16(14)19)26(32(29)30)15-9-10-18-17-6-2-4-8-21(17)31-22(18)12-15/h1,3,5,7,9-10,12-13,20,24,28H,2,4,6,8,11H2,(H,25,27)(H,29,30). The quantitative estimate of drug-likeness (QED) is 0.201. The molecule has 4 aromatic rings. The van der Waals surface area contributed by atoms with E-state index in [1.54, 1.807) is 23.8 Å². The van der Waals surface area contributed by atoms with Crippen LogP contribution in [0, 0.1) is 0 Å². The monoisotopic (exact) mass is 453 g/mol. The molecule has 1 aliphatic carbocycles. The predicted octanol–water partition coefficient (Wildman–Crippen LogP) is 3.85. The molecule has 1 amide bonds. The lowest BCUT2D eigenvalue weighted by molar-refractivity contribution is -0.130. The first kappa shape index (κ1) is 20.7. The van der Waals surface area contributed by atoms with E-state index in [9.17, 15) is 18.8 Å². The molecule has 5 rings (SSSR count). The summed E-state index contributed by atoms with van der Waals surface area (Å²) in [7, 11) is 0. The highest BCUT2D eigenvalue weighted by Crippen LogP contribution is 2.35. The van der Waals surface area contributed by atoms with Crippen LogP contribution in [0.1, 0.15) is 29.7 Å². The number of aromatic amines is 1. The first-order chi connectivity index (χ1) is 15.6. The second-order valence-electron chi connectivity index (χ2n) is 8.00. The average Bonchev–Trinajstić information content (AvgIpc) is 3.38. The van der Waals surface area contributed by atoms with Gasteiger partial charge in [0.15, 0.2) is 0 Å². The van der Waals surface area contributed by atoms with Gasteiger partial charge in [-0.1, -0.05) is 18.2 Å². The highest BCUT2D eigenvalue weighted by atomic mass is 32.2. The van der Waals surface area contributed by atoms with E-state index in [1.165, 1.54) is 5.56 Å². The van der Waals surface area contributed by atoms with Crippen LogP contribution >= 0.6 is 0 Å². The molecule has 4 N–H and O–H groups in total. The van der Waals surface area contributed by atoms with Gasteiger partial charge in [-0.15, -0.1) is 0 Å². The lowest BCUT2D eigenvalue weighted by Gasteiger charge is -2.28. The molecular formula is C23H23N3O5S. The molecule has 0 saturated carbocycles. The van der Waals surface area contributed by atoms with Crippen LogP contribution in [0.2, 0.25) is 0 Å². The summed E-state index contributed by atoms with van der Waals surface area (Å²) < 4.78 is 29.7. The molecule has 32 heavy (non-hydrogen) atoms. The van der Waals surface area contributed by atoms with Crippen molar-refractivity contribution in [2.75, 3.05) is 4.31 Å². The van der Waals surface area contributed by atoms with Crippen LogP contribution in [-0.2, 0) is 35.3 Å². The molecule has 0 radical (unpaired) electrons. The Morgan fingerprint density at radius 3 is 2.81 bits per heavy atom. The Kier molecular flexibility index (Phi) is 5.46. The summed E-state index contributed by atoms with van der Waals surface area (Å²) >= 11 is -2.52. The Balaban J connectivity index is 1.56. The number of carbonyl (C=O) groups excluding carboxylic acids is 1. The first-order valence-corrected chi connectivity index (χ1v) is 11.6. The van der Waals surface area contributed by atoms with Crippen molar-refractivity contribution >= 4 is 44.7 Å². The summed E-state index contributed by atoms with van der Waals surface area (Å²) in [6, 6.07) is 11.7. The van der Waals surface area contributed by atoms with Gasteiger partial charge in [0, 0.05) is 47.0 Å². The zero-order chi connectivity index (χ0) is 22.2. The van der Waals surface area contributed by atoms with Gasteiger partial charge in [0.05, 0.1) is 5.69 Å². The second kappa shape index (κ2) is 8.42. The van der Waals surface area contributed by atoms with Crippen molar-refractivity contribution in [2.45, 2.75) is 38.1 Å². The van der Waals surface area contributed by atoms with Crippen LogP contribution in [0.15, 0.2) is 53.1 Å². The lowest BCUT2D eigenvalue weighted by Crippen LogP contribution is -2.48. The minimum absolute atomic E-state index is 0.107. The Hall–Kier alpha value is -3.14. The number of H-pyrrole nitrogens is 1. The van der Waals surface area contributed by atoms with E-state index < -0.39 is 23.2 Å². The van der Waals surface area contributed by atoms with E-state index in [1.807, 2.05) is 30.3 Å². The number of carbonyl (C=O) groups is 1. The molecule has 0 fully saturated rings. The number of para-hydroxylation sites is 1. The molecule has 9 heteroatoms. The molecule has 2 aromatic heterocycles. The Labute approximate surface area is 186 Å². The normalized spacial score (nSPS) is 15.4. The average molecular weight is 454 g/mol. The molecule has 166 valence electrons. The van der Waals surface area contributed by atoms with Gasteiger partial charge in [-0.25, -0.2) is 9.69 Å². The molecule has 2 atom stereocenters. The number of hydrogen-bond acceptors (Lipinski definition) is 4. The smallest absolute Gasteiger partial charge is 0.267 e. The van der Waals surface area contributed by atoms with Gasteiger partial charge in [-0.2, -0.15) is 0 Å². The van der Waals surface area contributed by atoms with Gasteiger partial charge in [-0.05, 0) is 43.0 Å². The minimum atomic E-state index is -2.52. The number of benzene rings is 2. The van der Waals surface area contributed by atoms with E-state index >= 15 is 0 Å². The maximum atomic E-state index is 12.6.